The maximum atomic E-state index is 12.9. The van der Waals surface area contributed by atoms with Crippen molar-refractivity contribution in [1.29, 1.82) is 0 Å². The summed E-state index contributed by atoms with van der Waals surface area (Å²) in [6, 6.07) is 13.4. The first kappa shape index (κ1) is 13.3. The first-order valence-corrected chi connectivity index (χ1v) is 6.12. The van der Waals surface area contributed by atoms with E-state index in [-0.39, 0.29) is 0 Å². The van der Waals surface area contributed by atoms with E-state index in [1.165, 1.54) is 6.07 Å². The fourth-order valence-corrected chi connectivity index (χ4v) is 1.62. The molecular weight excluding hydrogens is 248 g/mol. The van der Waals surface area contributed by atoms with Crippen LogP contribution in [0.4, 0.5) is 14.5 Å². The number of ether oxygens (including phenoxy) is 1. The molecule has 0 radical (unpaired) electrons. The molecule has 19 heavy (non-hydrogen) atoms. The van der Waals surface area contributed by atoms with Gasteiger partial charge in [-0.1, -0.05) is 18.2 Å². The Kier molecular flexibility index (Phi) is 4.72. The molecule has 0 saturated heterocycles. The second-order valence-electron chi connectivity index (χ2n) is 4.07. The summed E-state index contributed by atoms with van der Waals surface area (Å²) in [5, 5.41) is 3.24. The Labute approximate surface area is 111 Å². The van der Waals surface area contributed by atoms with E-state index in [2.05, 4.69) is 5.32 Å². The molecule has 0 aliphatic carbocycles. The van der Waals surface area contributed by atoms with Gasteiger partial charge in [-0.3, -0.25) is 0 Å². The van der Waals surface area contributed by atoms with E-state index < -0.39 is 11.6 Å². The van der Waals surface area contributed by atoms with Gasteiger partial charge in [0.1, 0.15) is 5.75 Å². The number of rotatable bonds is 6. The van der Waals surface area contributed by atoms with Crippen LogP contribution in [-0.4, -0.2) is 13.2 Å². The lowest BCUT2D eigenvalue weighted by molar-refractivity contribution is 0.312. The molecule has 0 atom stereocenters. The number of anilines is 1. The number of halogens is 2. The van der Waals surface area contributed by atoms with Crippen LogP contribution in [0.5, 0.6) is 5.75 Å². The van der Waals surface area contributed by atoms with Crippen LogP contribution >= 0.6 is 0 Å². The maximum absolute atomic E-state index is 12.9. The molecule has 100 valence electrons. The molecule has 2 aromatic rings. The normalized spacial score (nSPS) is 10.2. The van der Waals surface area contributed by atoms with Crippen LogP contribution in [0.25, 0.3) is 0 Å². The fourth-order valence-electron chi connectivity index (χ4n) is 1.62. The third kappa shape index (κ3) is 4.25. The van der Waals surface area contributed by atoms with Crippen LogP contribution in [0, 0.1) is 11.6 Å². The largest absolute Gasteiger partial charge is 0.493 e. The Morgan fingerprint density at radius 3 is 2.47 bits per heavy atom. The van der Waals surface area contributed by atoms with Crippen LogP contribution in [0.1, 0.15) is 6.42 Å². The van der Waals surface area contributed by atoms with Crippen molar-refractivity contribution < 1.29 is 13.5 Å². The molecule has 0 spiro atoms. The minimum Gasteiger partial charge on any atom is -0.493 e. The van der Waals surface area contributed by atoms with Crippen molar-refractivity contribution >= 4 is 5.69 Å². The van der Waals surface area contributed by atoms with E-state index in [1.807, 2.05) is 30.3 Å². The van der Waals surface area contributed by atoms with Crippen LogP contribution in [0.2, 0.25) is 0 Å². The van der Waals surface area contributed by atoms with Crippen molar-refractivity contribution in [2.24, 2.45) is 0 Å². The summed E-state index contributed by atoms with van der Waals surface area (Å²) in [4.78, 5) is 0. The van der Waals surface area contributed by atoms with Gasteiger partial charge in [-0.25, -0.2) is 8.78 Å². The van der Waals surface area contributed by atoms with Crippen molar-refractivity contribution in [3.8, 4) is 5.75 Å². The molecule has 0 bridgehead atoms. The van der Waals surface area contributed by atoms with Crippen LogP contribution in [-0.2, 0) is 0 Å². The van der Waals surface area contributed by atoms with Crippen molar-refractivity contribution in [3.63, 3.8) is 0 Å². The van der Waals surface area contributed by atoms with Crippen LogP contribution in [0.15, 0.2) is 48.5 Å². The third-order valence-corrected chi connectivity index (χ3v) is 2.58. The summed E-state index contributed by atoms with van der Waals surface area (Å²) in [6.45, 7) is 1.21. The van der Waals surface area contributed by atoms with Gasteiger partial charge in [0, 0.05) is 18.3 Å². The summed E-state index contributed by atoms with van der Waals surface area (Å²) in [5.74, 6) is -1.41. The number of para-hydroxylation sites is 1. The van der Waals surface area contributed by atoms with Crippen LogP contribution < -0.4 is 10.1 Å². The average molecular weight is 263 g/mol. The Morgan fingerprint density at radius 2 is 1.74 bits per heavy atom. The number of nitrogens with one attached hydrogen (secondary N) is 1. The number of hydrogen-bond acceptors (Lipinski definition) is 2. The van der Waals surface area contributed by atoms with E-state index in [0.29, 0.717) is 12.4 Å². The highest BCUT2D eigenvalue weighted by Crippen LogP contribution is 2.15. The molecule has 0 aromatic heterocycles. The highest BCUT2D eigenvalue weighted by Gasteiger charge is 2.02. The van der Waals surface area contributed by atoms with Crippen molar-refractivity contribution in [2.45, 2.75) is 6.42 Å². The molecule has 2 rings (SSSR count). The second-order valence-corrected chi connectivity index (χ2v) is 4.07. The minimum atomic E-state index is -0.889. The molecule has 0 aliphatic rings. The summed E-state index contributed by atoms with van der Waals surface area (Å²) in [5.41, 5.74) is 1.05. The number of hydrogen-bond donors (Lipinski definition) is 1. The maximum Gasteiger partial charge on any atom is 0.162 e. The highest BCUT2D eigenvalue weighted by atomic mass is 19.2. The van der Waals surface area contributed by atoms with Gasteiger partial charge in [0.2, 0.25) is 0 Å². The van der Waals surface area contributed by atoms with Gasteiger partial charge in [-0.2, -0.15) is 0 Å². The molecular formula is C15H15F2NO. The molecule has 0 fully saturated rings. The minimum absolute atomic E-state index is 0.346. The summed E-state index contributed by atoms with van der Waals surface area (Å²) < 4.78 is 30.9. The average Bonchev–Trinajstić information content (AvgIpc) is 2.43. The van der Waals surface area contributed by atoms with Gasteiger partial charge < -0.3 is 10.1 Å². The van der Waals surface area contributed by atoms with Gasteiger partial charge in [-0.05, 0) is 30.7 Å². The van der Waals surface area contributed by atoms with Gasteiger partial charge in [-0.15, -0.1) is 0 Å². The van der Waals surface area contributed by atoms with Crippen molar-refractivity contribution in [1.82, 2.24) is 0 Å². The monoisotopic (exact) mass is 263 g/mol. The summed E-state index contributed by atoms with van der Waals surface area (Å²) in [7, 11) is 0. The van der Waals surface area contributed by atoms with E-state index in [9.17, 15) is 8.78 Å². The summed E-state index contributed by atoms with van der Waals surface area (Å²) >= 11 is 0. The Morgan fingerprint density at radius 1 is 0.947 bits per heavy atom. The van der Waals surface area contributed by atoms with Crippen LogP contribution in [0.3, 0.4) is 0 Å². The second kappa shape index (κ2) is 6.73. The van der Waals surface area contributed by atoms with Gasteiger partial charge in [0.25, 0.3) is 0 Å². The van der Waals surface area contributed by atoms with E-state index in [4.69, 9.17) is 4.74 Å². The zero-order valence-electron chi connectivity index (χ0n) is 10.4. The van der Waals surface area contributed by atoms with Gasteiger partial charge >= 0.3 is 0 Å². The first-order valence-electron chi connectivity index (χ1n) is 6.12. The molecule has 2 nitrogen and oxygen atoms in total. The Hall–Kier alpha value is -2.10. The summed E-state index contributed by atoms with van der Waals surface area (Å²) in [6.07, 6.45) is 0.772. The lowest BCUT2D eigenvalue weighted by atomic mass is 10.3. The zero-order valence-corrected chi connectivity index (χ0v) is 10.4. The quantitative estimate of drug-likeness (QED) is 0.799. The Balaban J connectivity index is 1.68. The van der Waals surface area contributed by atoms with Crippen molar-refractivity contribution in [2.75, 3.05) is 18.5 Å². The lowest BCUT2D eigenvalue weighted by Crippen LogP contribution is -2.07. The topological polar surface area (TPSA) is 21.3 Å². The molecule has 0 heterocycles. The van der Waals surface area contributed by atoms with Crippen molar-refractivity contribution in [3.05, 3.63) is 60.2 Å². The molecule has 0 unspecified atom stereocenters. The molecule has 1 N–H and O–H groups in total. The van der Waals surface area contributed by atoms with Gasteiger partial charge in [0.05, 0.1) is 6.61 Å². The lowest BCUT2D eigenvalue weighted by Gasteiger charge is -2.08. The predicted octanol–water partition coefficient (Wildman–Crippen LogP) is 3.85. The van der Waals surface area contributed by atoms with E-state index >= 15 is 0 Å². The predicted molar refractivity (Wildman–Crippen MR) is 71.4 cm³/mol. The van der Waals surface area contributed by atoms with Gasteiger partial charge in [0.15, 0.2) is 11.6 Å². The molecule has 0 saturated carbocycles. The standard InChI is InChI=1S/C15H15F2NO/c16-14-8-7-13(11-15(14)17)19-10-4-9-18-12-5-2-1-3-6-12/h1-3,5-8,11,18H,4,9-10H2. The molecule has 0 aliphatic heterocycles. The SMILES string of the molecule is Fc1ccc(OCCCNc2ccccc2)cc1F. The Bertz CT molecular complexity index is 517. The highest BCUT2D eigenvalue weighted by molar-refractivity contribution is 5.42. The number of benzene rings is 2. The fraction of sp³-hybridized carbons (Fsp3) is 0.200. The zero-order chi connectivity index (χ0) is 13.5. The third-order valence-electron chi connectivity index (χ3n) is 2.58. The first-order chi connectivity index (χ1) is 9.25. The molecule has 0 amide bonds. The van der Waals surface area contributed by atoms with E-state index in [0.717, 1.165) is 30.8 Å². The van der Waals surface area contributed by atoms with E-state index in [1.54, 1.807) is 0 Å². The smallest absolute Gasteiger partial charge is 0.162 e. The molecule has 4 heteroatoms. The molecule has 2 aromatic carbocycles.